The number of H-pyrrole nitrogens is 1. The number of rotatable bonds is 10. The number of aliphatic imine (C=N–C) groups is 1. The molecular formula is C29H39F2N5. The molecule has 0 radical (unpaired) electrons. The van der Waals surface area contributed by atoms with E-state index in [1.54, 1.807) is 6.92 Å². The van der Waals surface area contributed by atoms with Crippen LogP contribution in [0.2, 0.25) is 0 Å². The molecule has 0 amide bonds. The highest BCUT2D eigenvalue weighted by Gasteiger charge is 2.23. The molecule has 1 aliphatic rings. The lowest BCUT2D eigenvalue weighted by atomic mass is 9.88. The number of allylic oxidation sites excluding steroid dienone is 4. The summed E-state index contributed by atoms with van der Waals surface area (Å²) < 4.78 is 27.4. The molecule has 3 rings (SSSR count). The van der Waals surface area contributed by atoms with Crippen molar-refractivity contribution in [3.05, 3.63) is 65.5 Å². The zero-order valence-electron chi connectivity index (χ0n) is 21.9. The van der Waals surface area contributed by atoms with E-state index in [-0.39, 0.29) is 12.3 Å². The minimum Gasteiger partial charge on any atom is -0.374 e. The van der Waals surface area contributed by atoms with Gasteiger partial charge in [0.05, 0.1) is 0 Å². The third-order valence-electron chi connectivity index (χ3n) is 6.81. The minimum absolute atomic E-state index is 0.243. The number of benzene rings is 1. The summed E-state index contributed by atoms with van der Waals surface area (Å²) in [7, 11) is 1.93. The largest absolute Gasteiger partial charge is 0.374 e. The standard InChI is InChI=1S/C29H39F2N5/c1-6-21(8-10-24(7-2)34-20(4)32)29-26(17-28(30)31)25-16-23(9-11-27(25)35-29)22-12-14-36(15-13-22)19(3)18-33-5/h6,8-11,16,22,28,32-33,35H,3,7,12-15,17-18H2,1-2,4-5H3/b10-8-,21-6+,32-20?,34-24?. The van der Waals surface area contributed by atoms with Crippen molar-refractivity contribution in [2.75, 3.05) is 26.7 Å². The highest BCUT2D eigenvalue weighted by atomic mass is 19.3. The third-order valence-corrected chi connectivity index (χ3v) is 6.81. The first-order chi connectivity index (χ1) is 17.3. The smallest absolute Gasteiger partial charge is 0.242 e. The molecule has 0 atom stereocenters. The Hall–Kier alpha value is -3.06. The summed E-state index contributed by atoms with van der Waals surface area (Å²) in [5, 5.41) is 11.7. The van der Waals surface area contributed by atoms with Crippen LogP contribution in [0.4, 0.5) is 8.78 Å². The lowest BCUT2D eigenvalue weighted by Crippen LogP contribution is -2.35. The predicted octanol–water partition coefficient (Wildman–Crippen LogP) is 6.70. The van der Waals surface area contributed by atoms with Gasteiger partial charge in [0.2, 0.25) is 6.43 Å². The Morgan fingerprint density at radius 1 is 1.31 bits per heavy atom. The van der Waals surface area contributed by atoms with E-state index in [4.69, 9.17) is 5.41 Å². The normalized spacial score (nSPS) is 16.0. The topological polar surface area (TPSA) is 67.3 Å². The first kappa shape index (κ1) is 27.5. The van der Waals surface area contributed by atoms with Crippen LogP contribution in [-0.2, 0) is 6.42 Å². The van der Waals surface area contributed by atoms with E-state index in [2.05, 4.69) is 38.9 Å². The summed E-state index contributed by atoms with van der Waals surface area (Å²) >= 11 is 0. The van der Waals surface area contributed by atoms with Crippen molar-refractivity contribution in [2.45, 2.75) is 58.8 Å². The minimum atomic E-state index is -2.44. The first-order valence-corrected chi connectivity index (χ1v) is 12.7. The summed E-state index contributed by atoms with van der Waals surface area (Å²) in [6, 6.07) is 6.28. The van der Waals surface area contributed by atoms with E-state index < -0.39 is 6.43 Å². The van der Waals surface area contributed by atoms with Crippen LogP contribution in [0.25, 0.3) is 16.5 Å². The molecular weight excluding hydrogens is 456 g/mol. The van der Waals surface area contributed by atoms with E-state index in [0.29, 0.717) is 17.9 Å². The highest BCUT2D eigenvalue weighted by molar-refractivity contribution is 6.04. The average molecular weight is 496 g/mol. The van der Waals surface area contributed by atoms with Gasteiger partial charge in [-0.15, -0.1) is 0 Å². The van der Waals surface area contributed by atoms with Crippen molar-refractivity contribution in [1.82, 2.24) is 15.2 Å². The SMILES string of the molecule is C=C(CNC)N1CCC(c2ccc3[nH]c(C(/C=C\C(CC)=NC(C)=N)=C/C)c(CC(F)F)c3c2)CC1. The molecule has 7 heteroatoms. The lowest BCUT2D eigenvalue weighted by Gasteiger charge is -2.35. The molecule has 0 spiro atoms. The van der Waals surface area contributed by atoms with Crippen molar-refractivity contribution in [1.29, 1.82) is 5.41 Å². The van der Waals surface area contributed by atoms with Gasteiger partial charge in [-0.3, -0.25) is 5.41 Å². The number of likely N-dealkylation sites (tertiary alicyclic amines) is 1. The van der Waals surface area contributed by atoms with Gasteiger partial charge in [0.1, 0.15) is 5.84 Å². The number of nitrogens with one attached hydrogen (secondary N) is 3. The van der Waals surface area contributed by atoms with Gasteiger partial charge in [-0.25, -0.2) is 13.8 Å². The number of hydrogen-bond acceptors (Lipinski definition) is 3. The number of nitrogens with zero attached hydrogens (tertiary/aromatic N) is 2. The van der Waals surface area contributed by atoms with Gasteiger partial charge in [-0.1, -0.05) is 31.7 Å². The van der Waals surface area contributed by atoms with Crippen molar-refractivity contribution >= 4 is 28.0 Å². The van der Waals surface area contributed by atoms with E-state index >= 15 is 0 Å². The second kappa shape index (κ2) is 12.8. The van der Waals surface area contributed by atoms with Gasteiger partial charge in [-0.2, -0.15) is 0 Å². The molecule has 0 aliphatic carbocycles. The molecule has 36 heavy (non-hydrogen) atoms. The molecule has 1 fully saturated rings. The number of aromatic nitrogens is 1. The summed E-state index contributed by atoms with van der Waals surface area (Å²) in [4.78, 5) is 9.98. The van der Waals surface area contributed by atoms with Crippen LogP contribution >= 0.6 is 0 Å². The number of alkyl halides is 2. The van der Waals surface area contributed by atoms with Gasteiger partial charge in [0.25, 0.3) is 0 Å². The number of aromatic amines is 1. The van der Waals surface area contributed by atoms with Crippen LogP contribution in [0.5, 0.6) is 0 Å². The predicted molar refractivity (Wildman–Crippen MR) is 149 cm³/mol. The van der Waals surface area contributed by atoms with Gasteiger partial charge >= 0.3 is 0 Å². The summed E-state index contributed by atoms with van der Waals surface area (Å²) in [6.45, 7) is 12.4. The molecule has 1 saturated heterocycles. The molecule has 0 bridgehead atoms. The van der Waals surface area contributed by atoms with Crippen LogP contribution in [-0.4, -0.2) is 54.5 Å². The van der Waals surface area contributed by atoms with Crippen molar-refractivity contribution in [3.63, 3.8) is 0 Å². The first-order valence-electron chi connectivity index (χ1n) is 12.7. The number of likely N-dealkylation sites (N-methyl/N-ethyl adjacent to an activating group) is 1. The van der Waals surface area contributed by atoms with Gasteiger partial charge in [0, 0.05) is 54.1 Å². The zero-order valence-corrected chi connectivity index (χ0v) is 21.9. The van der Waals surface area contributed by atoms with E-state index in [9.17, 15) is 8.78 Å². The molecule has 194 valence electrons. The third kappa shape index (κ3) is 6.78. The Morgan fingerprint density at radius 3 is 2.61 bits per heavy atom. The Kier molecular flexibility index (Phi) is 9.76. The highest BCUT2D eigenvalue weighted by Crippen LogP contribution is 2.35. The van der Waals surface area contributed by atoms with E-state index in [1.165, 1.54) is 5.56 Å². The maximum Gasteiger partial charge on any atom is 0.242 e. The van der Waals surface area contributed by atoms with Crippen LogP contribution in [0.1, 0.15) is 62.8 Å². The van der Waals surface area contributed by atoms with E-state index in [1.807, 2.05) is 45.2 Å². The van der Waals surface area contributed by atoms with Crippen LogP contribution in [0, 0.1) is 5.41 Å². The molecule has 5 nitrogen and oxygen atoms in total. The molecule has 0 unspecified atom stereocenters. The van der Waals surface area contributed by atoms with Crippen LogP contribution < -0.4 is 5.32 Å². The van der Waals surface area contributed by atoms with Gasteiger partial charge in [-0.05, 0) is 81.0 Å². The fourth-order valence-corrected chi connectivity index (χ4v) is 4.94. The number of fused-ring (bicyclic) bond motifs is 1. The zero-order chi connectivity index (χ0) is 26.2. The molecule has 1 aromatic carbocycles. The number of halogens is 2. The maximum absolute atomic E-state index is 13.7. The Morgan fingerprint density at radius 2 is 2.03 bits per heavy atom. The van der Waals surface area contributed by atoms with Crippen molar-refractivity contribution in [3.8, 4) is 0 Å². The Bertz CT molecular complexity index is 1160. The summed E-state index contributed by atoms with van der Waals surface area (Å²) in [5.74, 6) is 0.645. The van der Waals surface area contributed by atoms with Gasteiger partial charge in [0.15, 0.2) is 0 Å². The molecule has 2 aromatic rings. The number of amidine groups is 1. The Labute approximate surface area is 213 Å². The summed E-state index contributed by atoms with van der Waals surface area (Å²) in [5.41, 5.74) is 6.18. The lowest BCUT2D eigenvalue weighted by molar-refractivity contribution is 0.149. The Balaban J connectivity index is 1.93. The van der Waals surface area contributed by atoms with Crippen LogP contribution in [0.15, 0.2) is 53.7 Å². The average Bonchev–Trinajstić information content (AvgIpc) is 3.20. The fraction of sp³-hybridized carbons (Fsp3) is 0.448. The number of piperidine rings is 1. The maximum atomic E-state index is 13.7. The molecule has 3 N–H and O–H groups in total. The quantitative estimate of drug-likeness (QED) is 0.195. The molecule has 0 saturated carbocycles. The second-order valence-electron chi connectivity index (χ2n) is 9.36. The van der Waals surface area contributed by atoms with Crippen molar-refractivity contribution < 1.29 is 8.78 Å². The van der Waals surface area contributed by atoms with E-state index in [0.717, 1.165) is 66.1 Å². The fourth-order valence-electron chi connectivity index (χ4n) is 4.94. The van der Waals surface area contributed by atoms with Crippen molar-refractivity contribution in [2.24, 2.45) is 4.99 Å². The second-order valence-corrected chi connectivity index (χ2v) is 9.36. The molecule has 1 aromatic heterocycles. The summed E-state index contributed by atoms with van der Waals surface area (Å²) in [6.07, 6.45) is 5.67. The van der Waals surface area contributed by atoms with Gasteiger partial charge < -0.3 is 15.2 Å². The molecule has 1 aliphatic heterocycles. The van der Waals surface area contributed by atoms with Crippen LogP contribution in [0.3, 0.4) is 0 Å². The molecule has 2 heterocycles. The monoisotopic (exact) mass is 495 g/mol. The number of hydrogen-bond donors (Lipinski definition) is 3.